The second-order valence-corrected chi connectivity index (χ2v) is 10.6. The lowest BCUT2D eigenvalue weighted by molar-refractivity contribution is 0.0761. The van der Waals surface area contributed by atoms with Crippen LogP contribution in [-0.2, 0) is 16.6 Å². The number of carbonyl (C=O) groups is 1. The van der Waals surface area contributed by atoms with Gasteiger partial charge in [0.1, 0.15) is 0 Å². The Kier molecular flexibility index (Phi) is 9.10. The Morgan fingerprint density at radius 3 is 2.37 bits per heavy atom. The Balaban J connectivity index is 0.00000137. The van der Waals surface area contributed by atoms with E-state index in [-0.39, 0.29) is 12.2 Å². The van der Waals surface area contributed by atoms with Gasteiger partial charge in [-0.1, -0.05) is 62.4 Å². The van der Waals surface area contributed by atoms with Gasteiger partial charge in [0, 0.05) is 51.3 Å². The normalized spacial score (nSPS) is 14.3. The molecular formula is C30H36N4O3S. The van der Waals surface area contributed by atoms with Crippen molar-refractivity contribution in [2.45, 2.75) is 31.7 Å². The molecule has 0 aliphatic carbocycles. The first-order valence-corrected chi connectivity index (χ1v) is 14.5. The number of aromatic nitrogens is 1. The van der Waals surface area contributed by atoms with Crippen LogP contribution in [0, 0.1) is 0 Å². The molecule has 1 aliphatic rings. The summed E-state index contributed by atoms with van der Waals surface area (Å²) in [6, 6.07) is 25.5. The quantitative estimate of drug-likeness (QED) is 0.347. The number of nitrogens with zero attached hydrogens (tertiary/aromatic N) is 3. The van der Waals surface area contributed by atoms with Gasteiger partial charge in [-0.3, -0.25) is 19.4 Å². The minimum absolute atomic E-state index is 0. The molecule has 8 heteroatoms. The average molecular weight is 533 g/mol. The maximum Gasteiger partial charge on any atom is 0.261 e. The number of sulfonamides is 1. The number of pyridine rings is 1. The van der Waals surface area contributed by atoms with Gasteiger partial charge < -0.3 is 4.90 Å². The van der Waals surface area contributed by atoms with Gasteiger partial charge in [-0.15, -0.1) is 0 Å². The van der Waals surface area contributed by atoms with E-state index in [0.29, 0.717) is 29.9 Å². The first kappa shape index (κ1) is 27.3. The van der Waals surface area contributed by atoms with Crippen LogP contribution in [-0.4, -0.2) is 55.3 Å². The SMILES string of the molecule is CC.O=C(c1ccc(S(=O)(=O)Nc2cccc3cccnc23)cc1)N1CCCN(Cc2ccccc2)CC1.[HH]. The Bertz CT molecular complexity index is 1460. The largest absolute Gasteiger partial charge is 0.337 e. The Morgan fingerprint density at radius 1 is 0.868 bits per heavy atom. The van der Waals surface area contributed by atoms with E-state index in [2.05, 4.69) is 26.7 Å². The van der Waals surface area contributed by atoms with Crippen molar-refractivity contribution >= 4 is 32.5 Å². The molecule has 0 bridgehead atoms. The number of carbonyl (C=O) groups excluding carboxylic acids is 1. The van der Waals surface area contributed by atoms with Gasteiger partial charge in [-0.2, -0.15) is 0 Å². The third kappa shape index (κ3) is 6.57. The maximum absolute atomic E-state index is 13.2. The van der Waals surface area contributed by atoms with E-state index >= 15 is 0 Å². The van der Waals surface area contributed by atoms with Gasteiger partial charge >= 0.3 is 0 Å². The summed E-state index contributed by atoms with van der Waals surface area (Å²) in [4.78, 5) is 21.8. The van der Waals surface area contributed by atoms with Crippen molar-refractivity contribution in [1.82, 2.24) is 14.8 Å². The van der Waals surface area contributed by atoms with Crippen LogP contribution in [0.3, 0.4) is 0 Å². The molecular weight excluding hydrogens is 496 g/mol. The summed E-state index contributed by atoms with van der Waals surface area (Å²) in [7, 11) is -3.84. The molecule has 0 radical (unpaired) electrons. The molecule has 0 atom stereocenters. The van der Waals surface area contributed by atoms with Crippen molar-refractivity contribution in [3.63, 3.8) is 0 Å². The molecule has 1 saturated heterocycles. The van der Waals surface area contributed by atoms with E-state index in [4.69, 9.17) is 0 Å². The fourth-order valence-electron chi connectivity index (χ4n) is 4.52. The van der Waals surface area contributed by atoms with Gasteiger partial charge in [0.05, 0.1) is 16.1 Å². The van der Waals surface area contributed by atoms with Crippen LogP contribution in [0.4, 0.5) is 5.69 Å². The molecule has 2 heterocycles. The molecule has 1 aliphatic heterocycles. The topological polar surface area (TPSA) is 82.6 Å². The lowest BCUT2D eigenvalue weighted by Gasteiger charge is -2.22. The number of rotatable bonds is 6. The summed E-state index contributed by atoms with van der Waals surface area (Å²) in [6.07, 6.45) is 2.53. The Labute approximate surface area is 226 Å². The lowest BCUT2D eigenvalue weighted by atomic mass is 10.2. The molecule has 38 heavy (non-hydrogen) atoms. The third-order valence-electron chi connectivity index (χ3n) is 6.41. The number of hydrogen-bond acceptors (Lipinski definition) is 5. The average Bonchev–Trinajstić information content (AvgIpc) is 3.20. The highest BCUT2D eigenvalue weighted by molar-refractivity contribution is 7.92. The van der Waals surface area contributed by atoms with E-state index < -0.39 is 10.0 Å². The number of hydrogen-bond donors (Lipinski definition) is 1. The van der Waals surface area contributed by atoms with Gasteiger partial charge in [-0.25, -0.2) is 8.42 Å². The van der Waals surface area contributed by atoms with E-state index in [1.807, 2.05) is 55.1 Å². The molecule has 200 valence electrons. The number of fused-ring (bicyclic) bond motifs is 1. The third-order valence-corrected chi connectivity index (χ3v) is 7.79. The second kappa shape index (κ2) is 12.7. The molecule has 5 rings (SSSR count). The Hall–Kier alpha value is -3.75. The Morgan fingerprint density at radius 2 is 1.61 bits per heavy atom. The lowest BCUT2D eigenvalue weighted by Crippen LogP contribution is -2.35. The maximum atomic E-state index is 13.2. The summed E-state index contributed by atoms with van der Waals surface area (Å²) in [6.45, 7) is 7.93. The first-order chi connectivity index (χ1) is 18.5. The van der Waals surface area contributed by atoms with Gasteiger partial charge in [0.25, 0.3) is 15.9 Å². The zero-order chi connectivity index (χ0) is 27.0. The highest BCUT2D eigenvalue weighted by Crippen LogP contribution is 2.24. The van der Waals surface area contributed by atoms with E-state index in [1.54, 1.807) is 30.5 Å². The van der Waals surface area contributed by atoms with E-state index in [9.17, 15) is 13.2 Å². The summed E-state index contributed by atoms with van der Waals surface area (Å²) in [5.74, 6) is -0.0771. The number of nitrogens with one attached hydrogen (secondary N) is 1. The second-order valence-electron chi connectivity index (χ2n) is 8.92. The summed E-state index contributed by atoms with van der Waals surface area (Å²) in [5, 5.41) is 0.846. The zero-order valence-electron chi connectivity index (χ0n) is 21.9. The molecule has 0 unspecified atom stereocenters. The molecule has 1 aromatic heterocycles. The monoisotopic (exact) mass is 532 g/mol. The predicted molar refractivity (Wildman–Crippen MR) is 155 cm³/mol. The van der Waals surface area contributed by atoms with Crippen LogP contribution in [0.1, 0.15) is 37.6 Å². The molecule has 1 N–H and O–H groups in total. The van der Waals surface area contributed by atoms with Crippen molar-refractivity contribution in [1.29, 1.82) is 0 Å². The standard InChI is InChI=1S/C28H28N4O3S.C2H6.H2/c33-28(32-18-6-17-31(19-20-32)21-22-7-2-1-3-8-22)24-12-14-25(15-13-24)36(34,35)30-26-11-4-9-23-10-5-16-29-27(23)26;1-2;/h1-5,7-16,30H,6,17-21H2;1-2H3;1H. The van der Waals surface area contributed by atoms with Crippen molar-refractivity contribution < 1.29 is 14.6 Å². The summed E-state index contributed by atoms with van der Waals surface area (Å²) in [5.41, 5.74) is 2.75. The van der Waals surface area contributed by atoms with Crippen LogP contribution in [0.15, 0.2) is 96.0 Å². The van der Waals surface area contributed by atoms with Crippen LogP contribution in [0.2, 0.25) is 0 Å². The van der Waals surface area contributed by atoms with Crippen molar-refractivity contribution in [3.05, 3.63) is 102 Å². The molecule has 1 amide bonds. The number of benzene rings is 3. The molecule has 0 saturated carbocycles. The van der Waals surface area contributed by atoms with Crippen LogP contribution in [0.5, 0.6) is 0 Å². The fraction of sp³-hybridized carbons (Fsp3) is 0.267. The summed E-state index contributed by atoms with van der Waals surface area (Å²) >= 11 is 0. The van der Waals surface area contributed by atoms with E-state index in [0.717, 1.165) is 31.4 Å². The highest BCUT2D eigenvalue weighted by atomic mass is 32.2. The number of amides is 1. The smallest absolute Gasteiger partial charge is 0.261 e. The first-order valence-electron chi connectivity index (χ1n) is 13.0. The van der Waals surface area contributed by atoms with E-state index in [1.165, 1.54) is 17.7 Å². The van der Waals surface area contributed by atoms with Crippen LogP contribution in [0.25, 0.3) is 10.9 Å². The highest BCUT2D eigenvalue weighted by Gasteiger charge is 2.22. The van der Waals surface area contributed by atoms with Crippen LogP contribution >= 0.6 is 0 Å². The van der Waals surface area contributed by atoms with Crippen molar-refractivity contribution in [2.75, 3.05) is 30.9 Å². The van der Waals surface area contributed by atoms with Crippen molar-refractivity contribution in [2.24, 2.45) is 0 Å². The number of para-hydroxylation sites is 1. The van der Waals surface area contributed by atoms with Gasteiger partial charge in [0.15, 0.2) is 0 Å². The van der Waals surface area contributed by atoms with Gasteiger partial charge in [0.2, 0.25) is 0 Å². The number of anilines is 1. The molecule has 7 nitrogen and oxygen atoms in total. The fourth-order valence-corrected chi connectivity index (χ4v) is 5.59. The zero-order valence-corrected chi connectivity index (χ0v) is 22.7. The van der Waals surface area contributed by atoms with Gasteiger partial charge in [-0.05, 0) is 48.4 Å². The summed E-state index contributed by atoms with van der Waals surface area (Å²) < 4.78 is 28.7. The predicted octanol–water partition coefficient (Wildman–Crippen LogP) is 5.66. The van der Waals surface area contributed by atoms with Crippen LogP contribution < -0.4 is 4.72 Å². The minimum atomic E-state index is -3.84. The molecule has 4 aromatic rings. The molecule has 0 spiro atoms. The molecule has 1 fully saturated rings. The van der Waals surface area contributed by atoms with Crippen molar-refractivity contribution in [3.8, 4) is 0 Å². The molecule has 3 aromatic carbocycles. The minimum Gasteiger partial charge on any atom is -0.337 e.